The predicted molar refractivity (Wildman–Crippen MR) is 75.7 cm³/mol. The van der Waals surface area contributed by atoms with Crippen LogP contribution in [-0.4, -0.2) is 33.6 Å². The van der Waals surface area contributed by atoms with E-state index < -0.39 is 0 Å². The molecule has 3 heterocycles. The molecule has 1 atom stereocenters. The van der Waals surface area contributed by atoms with Crippen molar-refractivity contribution in [3.8, 4) is 0 Å². The summed E-state index contributed by atoms with van der Waals surface area (Å²) in [6, 6.07) is 7.17. The van der Waals surface area contributed by atoms with Crippen molar-refractivity contribution in [3.05, 3.63) is 28.5 Å². The molecule has 4 heteroatoms. The quantitative estimate of drug-likeness (QED) is 0.746. The highest BCUT2D eigenvalue weighted by molar-refractivity contribution is 9.10. The lowest BCUT2D eigenvalue weighted by atomic mass is 10.2. The number of halogens is 1. The van der Waals surface area contributed by atoms with Gasteiger partial charge in [-0.15, -0.1) is 0 Å². The topological polar surface area (TPSA) is 21.1 Å². The van der Waals surface area contributed by atoms with Gasteiger partial charge in [-0.05, 0) is 37.6 Å². The van der Waals surface area contributed by atoms with Crippen LogP contribution in [0.15, 0.2) is 22.7 Å². The molecular weight excluding hydrogens is 290 g/mol. The van der Waals surface area contributed by atoms with Gasteiger partial charge >= 0.3 is 0 Å². The molecule has 1 unspecified atom stereocenters. The first-order valence-electron chi connectivity index (χ1n) is 6.70. The van der Waals surface area contributed by atoms with E-state index in [1.807, 2.05) is 0 Å². The normalized spacial score (nSPS) is 23.9. The summed E-state index contributed by atoms with van der Waals surface area (Å²) in [4.78, 5) is 7.45. The minimum absolute atomic E-state index is 0.729. The maximum atomic E-state index is 4.81. The van der Waals surface area contributed by atoms with Gasteiger partial charge in [0.1, 0.15) is 5.82 Å². The van der Waals surface area contributed by atoms with Crippen molar-refractivity contribution in [2.45, 2.75) is 31.8 Å². The fourth-order valence-electron chi connectivity index (χ4n) is 3.40. The lowest BCUT2D eigenvalue weighted by Crippen LogP contribution is -2.31. The Kier molecular flexibility index (Phi) is 2.49. The third-order valence-electron chi connectivity index (χ3n) is 4.30. The second-order valence-electron chi connectivity index (χ2n) is 5.35. The summed E-state index contributed by atoms with van der Waals surface area (Å²) in [7, 11) is 0. The SMILES string of the molecule is Brc1ccc2c(c1)nc1n2CC2CCCN2CC1. The summed E-state index contributed by atoms with van der Waals surface area (Å²) in [5.41, 5.74) is 2.42. The molecule has 94 valence electrons. The number of aromatic nitrogens is 2. The van der Waals surface area contributed by atoms with Crippen LogP contribution in [0.1, 0.15) is 18.7 Å². The molecule has 0 spiro atoms. The van der Waals surface area contributed by atoms with Crippen LogP contribution in [0.4, 0.5) is 0 Å². The van der Waals surface area contributed by atoms with E-state index in [0.29, 0.717) is 0 Å². The summed E-state index contributed by atoms with van der Waals surface area (Å²) in [5, 5.41) is 0. The molecule has 1 fully saturated rings. The lowest BCUT2D eigenvalue weighted by molar-refractivity contribution is 0.252. The van der Waals surface area contributed by atoms with Crippen molar-refractivity contribution in [2.75, 3.05) is 13.1 Å². The van der Waals surface area contributed by atoms with E-state index >= 15 is 0 Å². The number of hydrogen-bond acceptors (Lipinski definition) is 2. The maximum absolute atomic E-state index is 4.81. The van der Waals surface area contributed by atoms with Crippen LogP contribution in [0, 0.1) is 0 Å². The average molecular weight is 306 g/mol. The number of nitrogens with zero attached hydrogens (tertiary/aromatic N) is 3. The Balaban J connectivity index is 1.84. The third-order valence-corrected chi connectivity index (χ3v) is 4.80. The van der Waals surface area contributed by atoms with Gasteiger partial charge in [-0.2, -0.15) is 0 Å². The van der Waals surface area contributed by atoms with Gasteiger partial charge in [0, 0.05) is 30.0 Å². The first-order valence-corrected chi connectivity index (χ1v) is 7.49. The minimum atomic E-state index is 0.729. The van der Waals surface area contributed by atoms with Crippen molar-refractivity contribution >= 4 is 27.0 Å². The van der Waals surface area contributed by atoms with E-state index in [1.165, 1.54) is 37.3 Å². The zero-order valence-corrected chi connectivity index (χ0v) is 11.9. The van der Waals surface area contributed by atoms with E-state index in [9.17, 15) is 0 Å². The van der Waals surface area contributed by atoms with E-state index in [2.05, 4.69) is 43.6 Å². The Morgan fingerprint density at radius 2 is 2.22 bits per heavy atom. The molecule has 0 bridgehead atoms. The molecule has 2 aliphatic rings. The highest BCUT2D eigenvalue weighted by atomic mass is 79.9. The third kappa shape index (κ3) is 1.62. The van der Waals surface area contributed by atoms with Gasteiger partial charge in [0.2, 0.25) is 0 Å². The van der Waals surface area contributed by atoms with Gasteiger partial charge in [0.15, 0.2) is 0 Å². The summed E-state index contributed by atoms with van der Waals surface area (Å²) < 4.78 is 3.56. The van der Waals surface area contributed by atoms with Crippen LogP contribution in [0.25, 0.3) is 11.0 Å². The molecule has 0 saturated carbocycles. The molecule has 2 aromatic rings. The fraction of sp³-hybridized carbons (Fsp3) is 0.500. The van der Waals surface area contributed by atoms with Crippen LogP contribution in [0.5, 0.6) is 0 Å². The second kappa shape index (κ2) is 4.07. The number of hydrogen-bond donors (Lipinski definition) is 0. The summed E-state index contributed by atoms with van der Waals surface area (Å²) in [5.74, 6) is 1.26. The van der Waals surface area contributed by atoms with E-state index in [0.717, 1.165) is 29.0 Å². The Morgan fingerprint density at radius 3 is 3.17 bits per heavy atom. The maximum Gasteiger partial charge on any atom is 0.111 e. The summed E-state index contributed by atoms with van der Waals surface area (Å²) >= 11 is 3.53. The Bertz CT molecular complexity index is 604. The van der Waals surface area contributed by atoms with E-state index in [1.54, 1.807) is 0 Å². The first kappa shape index (κ1) is 11.0. The lowest BCUT2D eigenvalue weighted by Gasteiger charge is -2.21. The van der Waals surface area contributed by atoms with Crippen LogP contribution in [-0.2, 0) is 13.0 Å². The standard InChI is InChI=1S/C14H16BrN3/c15-10-3-4-13-12(8-10)16-14-5-7-17-6-1-2-11(17)9-18(13)14/h3-4,8,11H,1-2,5-7,9H2. The summed E-state index contributed by atoms with van der Waals surface area (Å²) in [6.07, 6.45) is 3.79. The number of imidazole rings is 1. The van der Waals surface area contributed by atoms with Gasteiger partial charge < -0.3 is 4.57 Å². The summed E-state index contributed by atoms with van der Waals surface area (Å²) in [6.45, 7) is 3.57. The van der Waals surface area contributed by atoms with Crippen LogP contribution in [0.2, 0.25) is 0 Å². The van der Waals surface area contributed by atoms with Crippen LogP contribution >= 0.6 is 15.9 Å². The molecule has 18 heavy (non-hydrogen) atoms. The van der Waals surface area contributed by atoms with Crippen molar-refractivity contribution in [3.63, 3.8) is 0 Å². The Hall–Kier alpha value is -0.870. The monoisotopic (exact) mass is 305 g/mol. The first-order chi connectivity index (χ1) is 8.81. The highest BCUT2D eigenvalue weighted by Gasteiger charge is 2.29. The minimum Gasteiger partial charge on any atom is -0.326 e. The fourth-order valence-corrected chi connectivity index (χ4v) is 3.75. The van der Waals surface area contributed by atoms with E-state index in [-0.39, 0.29) is 0 Å². The average Bonchev–Trinajstić information content (AvgIpc) is 2.89. The molecule has 0 amide bonds. The van der Waals surface area contributed by atoms with Gasteiger partial charge in [-0.3, -0.25) is 4.90 Å². The van der Waals surface area contributed by atoms with Gasteiger partial charge in [-0.25, -0.2) is 4.98 Å². The molecule has 2 aliphatic heterocycles. The van der Waals surface area contributed by atoms with Crippen molar-refractivity contribution in [2.24, 2.45) is 0 Å². The molecule has 1 saturated heterocycles. The molecule has 4 rings (SSSR count). The number of fused-ring (bicyclic) bond motifs is 4. The molecular formula is C14H16BrN3. The second-order valence-corrected chi connectivity index (χ2v) is 6.27. The van der Waals surface area contributed by atoms with Crippen molar-refractivity contribution in [1.82, 2.24) is 14.5 Å². The van der Waals surface area contributed by atoms with Crippen LogP contribution < -0.4 is 0 Å². The molecule has 1 aromatic carbocycles. The van der Waals surface area contributed by atoms with Gasteiger partial charge in [0.25, 0.3) is 0 Å². The smallest absolute Gasteiger partial charge is 0.111 e. The number of benzene rings is 1. The van der Waals surface area contributed by atoms with Gasteiger partial charge in [-0.1, -0.05) is 15.9 Å². The van der Waals surface area contributed by atoms with Crippen molar-refractivity contribution < 1.29 is 0 Å². The Labute approximate surface area is 115 Å². The largest absolute Gasteiger partial charge is 0.326 e. The van der Waals surface area contributed by atoms with Crippen LogP contribution in [0.3, 0.4) is 0 Å². The van der Waals surface area contributed by atoms with Crippen molar-refractivity contribution in [1.29, 1.82) is 0 Å². The molecule has 0 aliphatic carbocycles. The molecule has 3 nitrogen and oxygen atoms in total. The van der Waals surface area contributed by atoms with Gasteiger partial charge in [0.05, 0.1) is 11.0 Å². The number of rotatable bonds is 0. The van der Waals surface area contributed by atoms with E-state index in [4.69, 9.17) is 4.98 Å². The highest BCUT2D eigenvalue weighted by Crippen LogP contribution is 2.27. The zero-order chi connectivity index (χ0) is 12.1. The Morgan fingerprint density at radius 1 is 1.28 bits per heavy atom. The zero-order valence-electron chi connectivity index (χ0n) is 10.3. The molecule has 0 N–H and O–H groups in total. The molecule has 1 aromatic heterocycles. The predicted octanol–water partition coefficient (Wildman–Crippen LogP) is 2.82. The molecule has 0 radical (unpaired) electrons.